The molecular weight excluding hydrogens is 400 g/mol. The lowest BCUT2D eigenvalue weighted by Gasteiger charge is -2.40. The normalized spacial score (nSPS) is 15.5. The molecule has 6 nitrogen and oxygen atoms in total. The van der Waals surface area contributed by atoms with Gasteiger partial charge in [0.1, 0.15) is 6.04 Å². The second kappa shape index (κ2) is 12.4. The van der Waals surface area contributed by atoms with Crippen molar-refractivity contribution in [3.05, 3.63) is 71.8 Å². The van der Waals surface area contributed by atoms with Gasteiger partial charge in [-0.15, -0.1) is 0 Å². The molecule has 2 aromatic rings. The molecule has 1 atom stereocenters. The van der Waals surface area contributed by atoms with E-state index in [0.29, 0.717) is 26.1 Å². The lowest BCUT2D eigenvalue weighted by Crippen LogP contribution is -2.54. The fourth-order valence-electron chi connectivity index (χ4n) is 4.34. The van der Waals surface area contributed by atoms with E-state index in [9.17, 15) is 9.59 Å². The van der Waals surface area contributed by atoms with Crippen molar-refractivity contribution in [2.45, 2.75) is 44.7 Å². The van der Waals surface area contributed by atoms with Crippen molar-refractivity contribution in [3.8, 4) is 0 Å². The van der Waals surface area contributed by atoms with Gasteiger partial charge in [-0.05, 0) is 37.4 Å². The Hall–Kier alpha value is -2.70. The molecule has 0 bridgehead atoms. The minimum Gasteiger partial charge on any atom is -0.345 e. The predicted octanol–water partition coefficient (Wildman–Crippen LogP) is 2.94. The molecule has 2 aromatic carbocycles. The molecule has 0 radical (unpaired) electrons. The fraction of sp³-hybridized carbons (Fsp3) is 0.462. The largest absolute Gasteiger partial charge is 0.345 e. The number of nitrogens with zero attached hydrogens (tertiary/aromatic N) is 2. The zero-order valence-electron chi connectivity index (χ0n) is 19.1. The Morgan fingerprint density at radius 1 is 0.875 bits per heavy atom. The molecule has 1 fully saturated rings. The number of rotatable bonds is 10. The highest BCUT2D eigenvalue weighted by molar-refractivity contribution is 5.87. The Labute approximate surface area is 191 Å². The van der Waals surface area contributed by atoms with Gasteiger partial charge in [0.25, 0.3) is 0 Å². The SMILES string of the molecule is CC(NC(=O)CCCCCN)C(=O)N1CCN(C(c2ccccc2)c2ccccc2)CC1. The highest BCUT2D eigenvalue weighted by atomic mass is 16.2. The average molecular weight is 437 g/mol. The number of amides is 2. The summed E-state index contributed by atoms with van der Waals surface area (Å²) in [7, 11) is 0. The van der Waals surface area contributed by atoms with Gasteiger partial charge in [-0.25, -0.2) is 0 Å². The minimum absolute atomic E-state index is 0.00377. The van der Waals surface area contributed by atoms with Crippen LogP contribution >= 0.6 is 0 Å². The van der Waals surface area contributed by atoms with Gasteiger partial charge in [0.2, 0.25) is 11.8 Å². The van der Waals surface area contributed by atoms with Crippen molar-refractivity contribution < 1.29 is 9.59 Å². The smallest absolute Gasteiger partial charge is 0.244 e. The Kier molecular flexibility index (Phi) is 9.26. The van der Waals surface area contributed by atoms with Crippen molar-refractivity contribution in [2.75, 3.05) is 32.7 Å². The Bertz CT molecular complexity index is 796. The third-order valence-electron chi connectivity index (χ3n) is 6.08. The maximum absolute atomic E-state index is 12.9. The maximum Gasteiger partial charge on any atom is 0.244 e. The van der Waals surface area contributed by atoms with Crippen molar-refractivity contribution in [1.82, 2.24) is 15.1 Å². The van der Waals surface area contributed by atoms with E-state index in [0.717, 1.165) is 32.4 Å². The molecule has 32 heavy (non-hydrogen) atoms. The molecule has 1 saturated heterocycles. The van der Waals surface area contributed by atoms with Crippen LogP contribution in [-0.2, 0) is 9.59 Å². The molecule has 1 aliphatic rings. The van der Waals surface area contributed by atoms with E-state index in [1.54, 1.807) is 6.92 Å². The van der Waals surface area contributed by atoms with Gasteiger partial charge in [0.05, 0.1) is 6.04 Å². The van der Waals surface area contributed by atoms with E-state index < -0.39 is 6.04 Å². The number of carbonyl (C=O) groups is 2. The van der Waals surface area contributed by atoms with Crippen molar-refractivity contribution in [3.63, 3.8) is 0 Å². The molecule has 1 heterocycles. The van der Waals surface area contributed by atoms with E-state index in [1.165, 1.54) is 11.1 Å². The van der Waals surface area contributed by atoms with Crippen LogP contribution in [0.1, 0.15) is 49.8 Å². The number of unbranched alkanes of at least 4 members (excludes halogenated alkanes) is 2. The number of benzene rings is 2. The monoisotopic (exact) mass is 436 g/mol. The molecule has 3 N–H and O–H groups in total. The quantitative estimate of drug-likeness (QED) is 0.562. The molecule has 172 valence electrons. The molecule has 0 aromatic heterocycles. The van der Waals surface area contributed by atoms with Gasteiger partial charge >= 0.3 is 0 Å². The molecule has 0 aliphatic carbocycles. The number of piperazine rings is 1. The Morgan fingerprint density at radius 3 is 1.97 bits per heavy atom. The first-order valence-electron chi connectivity index (χ1n) is 11.7. The topological polar surface area (TPSA) is 78.7 Å². The first-order chi connectivity index (χ1) is 15.6. The molecule has 3 rings (SSSR count). The van der Waals surface area contributed by atoms with Gasteiger partial charge < -0.3 is 16.0 Å². The summed E-state index contributed by atoms with van der Waals surface area (Å²) in [4.78, 5) is 29.4. The molecule has 0 saturated carbocycles. The number of nitrogens with one attached hydrogen (secondary N) is 1. The van der Waals surface area contributed by atoms with Crippen LogP contribution in [0.3, 0.4) is 0 Å². The van der Waals surface area contributed by atoms with E-state index in [-0.39, 0.29) is 17.9 Å². The highest BCUT2D eigenvalue weighted by Gasteiger charge is 2.30. The number of hydrogen-bond donors (Lipinski definition) is 2. The van der Waals surface area contributed by atoms with Crippen LogP contribution in [0.25, 0.3) is 0 Å². The summed E-state index contributed by atoms with van der Waals surface area (Å²) in [5, 5.41) is 2.86. The summed E-state index contributed by atoms with van der Waals surface area (Å²) in [5.74, 6) is -0.0642. The van der Waals surface area contributed by atoms with Crippen LogP contribution in [0.5, 0.6) is 0 Å². The summed E-state index contributed by atoms with van der Waals surface area (Å²) >= 11 is 0. The molecule has 2 amide bonds. The summed E-state index contributed by atoms with van der Waals surface area (Å²) in [6.07, 6.45) is 3.13. The van der Waals surface area contributed by atoms with Gasteiger partial charge in [-0.2, -0.15) is 0 Å². The maximum atomic E-state index is 12.9. The van der Waals surface area contributed by atoms with Crippen molar-refractivity contribution in [2.24, 2.45) is 5.73 Å². The van der Waals surface area contributed by atoms with Crippen LogP contribution in [0.2, 0.25) is 0 Å². The molecule has 0 spiro atoms. The first kappa shape index (κ1) is 24.0. The third-order valence-corrected chi connectivity index (χ3v) is 6.08. The molecule has 6 heteroatoms. The Balaban J connectivity index is 1.56. The molecule has 1 aliphatic heterocycles. The van der Waals surface area contributed by atoms with Crippen LogP contribution < -0.4 is 11.1 Å². The molecule has 1 unspecified atom stereocenters. The zero-order valence-corrected chi connectivity index (χ0v) is 19.1. The van der Waals surface area contributed by atoms with Crippen LogP contribution in [0, 0.1) is 0 Å². The molecular formula is C26H36N4O2. The minimum atomic E-state index is -0.498. The fourth-order valence-corrected chi connectivity index (χ4v) is 4.34. The van der Waals surface area contributed by atoms with E-state index >= 15 is 0 Å². The van der Waals surface area contributed by atoms with Gasteiger partial charge in [-0.3, -0.25) is 14.5 Å². The van der Waals surface area contributed by atoms with Gasteiger partial charge in [-0.1, -0.05) is 67.1 Å². The van der Waals surface area contributed by atoms with E-state index in [2.05, 4.69) is 58.7 Å². The average Bonchev–Trinajstić information content (AvgIpc) is 2.83. The number of nitrogens with two attached hydrogens (primary N) is 1. The predicted molar refractivity (Wildman–Crippen MR) is 128 cm³/mol. The second-order valence-electron chi connectivity index (χ2n) is 8.47. The number of carbonyl (C=O) groups excluding carboxylic acids is 2. The third kappa shape index (κ3) is 6.65. The first-order valence-corrected chi connectivity index (χ1v) is 11.7. The standard InChI is InChI=1S/C26H36N4O2/c1-21(28-24(31)15-9-4-10-16-27)26(32)30-19-17-29(18-20-30)25(22-11-5-2-6-12-22)23-13-7-3-8-14-23/h2-3,5-8,11-14,21,25H,4,9-10,15-20,27H2,1H3,(H,28,31). The van der Waals surface area contributed by atoms with Gasteiger partial charge in [0, 0.05) is 32.6 Å². The summed E-state index contributed by atoms with van der Waals surface area (Å²) in [5.41, 5.74) is 8.00. The van der Waals surface area contributed by atoms with Crippen LogP contribution in [0.4, 0.5) is 0 Å². The Morgan fingerprint density at radius 2 is 1.44 bits per heavy atom. The summed E-state index contributed by atoms with van der Waals surface area (Å²) < 4.78 is 0. The van der Waals surface area contributed by atoms with Crippen LogP contribution in [0.15, 0.2) is 60.7 Å². The van der Waals surface area contributed by atoms with Crippen molar-refractivity contribution in [1.29, 1.82) is 0 Å². The van der Waals surface area contributed by atoms with E-state index in [4.69, 9.17) is 5.73 Å². The number of hydrogen-bond acceptors (Lipinski definition) is 4. The van der Waals surface area contributed by atoms with E-state index in [1.807, 2.05) is 17.0 Å². The zero-order chi connectivity index (χ0) is 22.8. The lowest BCUT2D eigenvalue weighted by molar-refractivity contribution is -0.137. The summed E-state index contributed by atoms with van der Waals surface area (Å²) in [6, 6.07) is 20.7. The lowest BCUT2D eigenvalue weighted by atomic mass is 9.96. The summed E-state index contributed by atoms with van der Waals surface area (Å²) in [6.45, 7) is 5.33. The highest BCUT2D eigenvalue weighted by Crippen LogP contribution is 2.29. The van der Waals surface area contributed by atoms with Crippen molar-refractivity contribution >= 4 is 11.8 Å². The second-order valence-corrected chi connectivity index (χ2v) is 8.47. The van der Waals surface area contributed by atoms with Gasteiger partial charge in [0.15, 0.2) is 0 Å². The van der Waals surface area contributed by atoms with Crippen LogP contribution in [-0.4, -0.2) is 60.4 Å².